The van der Waals surface area contributed by atoms with Crippen molar-refractivity contribution < 1.29 is 4.79 Å². The van der Waals surface area contributed by atoms with Gasteiger partial charge in [-0.05, 0) is 56.7 Å². The van der Waals surface area contributed by atoms with Gasteiger partial charge in [-0.3, -0.25) is 4.79 Å². The van der Waals surface area contributed by atoms with Crippen molar-refractivity contribution in [2.75, 3.05) is 24.5 Å². The summed E-state index contributed by atoms with van der Waals surface area (Å²) in [7, 11) is 0. The molecule has 2 aromatic rings. The lowest BCUT2D eigenvalue weighted by atomic mass is 10.0. The Morgan fingerprint density at radius 2 is 1.74 bits per heavy atom. The number of fused-ring (bicyclic) bond motifs is 1. The molecule has 0 saturated carbocycles. The minimum atomic E-state index is 0.119. The SMILES string of the molecule is CCCCCCc1ccc(C(=O)N2CCc3nc(C)nc(N4CCCCC4)c3C2)cc1. The average molecular weight is 421 g/mol. The summed E-state index contributed by atoms with van der Waals surface area (Å²) in [6, 6.07) is 8.26. The molecule has 0 atom stereocenters. The zero-order chi connectivity index (χ0) is 21.6. The van der Waals surface area contributed by atoms with Gasteiger partial charge in [0.05, 0.1) is 12.2 Å². The Morgan fingerprint density at radius 1 is 0.968 bits per heavy atom. The monoisotopic (exact) mass is 420 g/mol. The van der Waals surface area contributed by atoms with E-state index >= 15 is 0 Å². The van der Waals surface area contributed by atoms with Crippen LogP contribution in [0.15, 0.2) is 24.3 Å². The van der Waals surface area contributed by atoms with Gasteiger partial charge in [0.25, 0.3) is 5.91 Å². The van der Waals surface area contributed by atoms with Gasteiger partial charge in [-0.2, -0.15) is 0 Å². The number of unbranched alkanes of at least 4 members (excludes halogenated alkanes) is 3. The number of carbonyl (C=O) groups excluding carboxylic acids is 1. The van der Waals surface area contributed by atoms with Gasteiger partial charge in [-0.1, -0.05) is 38.3 Å². The van der Waals surface area contributed by atoms with Crippen LogP contribution in [0.1, 0.15) is 84.9 Å². The molecule has 5 heteroatoms. The lowest BCUT2D eigenvalue weighted by Crippen LogP contribution is -2.39. The number of amides is 1. The third-order valence-electron chi connectivity index (χ3n) is 6.61. The van der Waals surface area contributed by atoms with Crippen molar-refractivity contribution in [3.8, 4) is 0 Å². The maximum Gasteiger partial charge on any atom is 0.254 e. The van der Waals surface area contributed by atoms with Gasteiger partial charge in [0.1, 0.15) is 11.6 Å². The fourth-order valence-electron chi connectivity index (χ4n) is 4.81. The Labute approximate surface area is 186 Å². The Morgan fingerprint density at radius 3 is 2.48 bits per heavy atom. The standard InChI is InChI=1S/C26H36N4O/c1-3-4-5-7-10-21-11-13-22(14-12-21)26(31)30-18-15-24-23(19-30)25(28-20(2)27-24)29-16-8-6-9-17-29/h11-14H,3-10,15-19H2,1-2H3. The molecule has 0 bridgehead atoms. The van der Waals surface area contributed by atoms with E-state index in [2.05, 4.69) is 24.0 Å². The summed E-state index contributed by atoms with van der Waals surface area (Å²) in [6.07, 6.45) is 10.7. The number of aryl methyl sites for hydroxylation is 2. The van der Waals surface area contributed by atoms with E-state index in [1.807, 2.05) is 24.0 Å². The molecule has 1 fully saturated rings. The number of hydrogen-bond acceptors (Lipinski definition) is 4. The highest BCUT2D eigenvalue weighted by molar-refractivity contribution is 5.94. The smallest absolute Gasteiger partial charge is 0.254 e. The first kappa shape index (κ1) is 21.8. The molecule has 2 aliphatic heterocycles. The van der Waals surface area contributed by atoms with E-state index in [-0.39, 0.29) is 5.91 Å². The van der Waals surface area contributed by atoms with Crippen LogP contribution in [0.25, 0.3) is 0 Å². The summed E-state index contributed by atoms with van der Waals surface area (Å²) in [5.74, 6) is 2.02. The number of rotatable bonds is 7. The summed E-state index contributed by atoms with van der Waals surface area (Å²) in [5, 5.41) is 0. The van der Waals surface area contributed by atoms with E-state index in [1.165, 1.54) is 50.5 Å². The molecular formula is C26H36N4O. The maximum atomic E-state index is 13.2. The second-order valence-electron chi connectivity index (χ2n) is 9.05. The van der Waals surface area contributed by atoms with Crippen molar-refractivity contribution in [2.24, 2.45) is 0 Å². The van der Waals surface area contributed by atoms with E-state index in [9.17, 15) is 4.79 Å². The number of benzene rings is 1. The summed E-state index contributed by atoms with van der Waals surface area (Å²) in [5.41, 5.74) is 4.39. The van der Waals surface area contributed by atoms with E-state index in [0.29, 0.717) is 6.54 Å². The summed E-state index contributed by atoms with van der Waals surface area (Å²) in [4.78, 5) is 27.1. The lowest BCUT2D eigenvalue weighted by molar-refractivity contribution is 0.0733. The zero-order valence-corrected chi connectivity index (χ0v) is 19.2. The molecule has 0 aliphatic carbocycles. The van der Waals surface area contributed by atoms with Crippen molar-refractivity contribution in [1.29, 1.82) is 0 Å². The molecule has 1 amide bonds. The van der Waals surface area contributed by atoms with Crippen molar-refractivity contribution in [2.45, 2.75) is 78.2 Å². The fraction of sp³-hybridized carbons (Fsp3) is 0.577. The van der Waals surface area contributed by atoms with Crippen LogP contribution in [0.2, 0.25) is 0 Å². The predicted octanol–water partition coefficient (Wildman–Crippen LogP) is 5.10. The summed E-state index contributed by atoms with van der Waals surface area (Å²) >= 11 is 0. The Hall–Kier alpha value is -2.43. The number of hydrogen-bond donors (Lipinski definition) is 0. The van der Waals surface area contributed by atoms with Crippen LogP contribution in [-0.4, -0.2) is 40.4 Å². The van der Waals surface area contributed by atoms with Crippen LogP contribution in [0.5, 0.6) is 0 Å². The molecule has 0 N–H and O–H groups in total. The minimum absolute atomic E-state index is 0.119. The van der Waals surface area contributed by atoms with Gasteiger partial charge in [0.15, 0.2) is 0 Å². The highest BCUT2D eigenvalue weighted by Gasteiger charge is 2.28. The first-order valence-electron chi connectivity index (χ1n) is 12.1. The van der Waals surface area contributed by atoms with Crippen molar-refractivity contribution in [1.82, 2.24) is 14.9 Å². The Bertz CT molecular complexity index is 887. The number of aromatic nitrogens is 2. The van der Waals surface area contributed by atoms with Crippen molar-refractivity contribution >= 4 is 11.7 Å². The number of piperidine rings is 1. The third-order valence-corrected chi connectivity index (χ3v) is 6.61. The molecule has 1 aromatic heterocycles. The van der Waals surface area contributed by atoms with E-state index in [0.717, 1.165) is 60.9 Å². The molecule has 1 saturated heterocycles. The van der Waals surface area contributed by atoms with Gasteiger partial charge in [-0.15, -0.1) is 0 Å². The minimum Gasteiger partial charge on any atom is -0.356 e. The predicted molar refractivity (Wildman–Crippen MR) is 126 cm³/mol. The second kappa shape index (κ2) is 10.3. The molecule has 1 aromatic carbocycles. The topological polar surface area (TPSA) is 49.3 Å². The van der Waals surface area contributed by atoms with Crippen LogP contribution in [0.3, 0.4) is 0 Å². The molecule has 2 aliphatic rings. The molecule has 0 spiro atoms. The zero-order valence-electron chi connectivity index (χ0n) is 19.2. The number of anilines is 1. The lowest BCUT2D eigenvalue weighted by Gasteiger charge is -2.34. The molecule has 4 rings (SSSR count). The van der Waals surface area contributed by atoms with Crippen molar-refractivity contribution in [3.05, 3.63) is 52.5 Å². The van der Waals surface area contributed by atoms with E-state index in [1.54, 1.807) is 0 Å². The van der Waals surface area contributed by atoms with Gasteiger partial charge in [0, 0.05) is 37.2 Å². The summed E-state index contributed by atoms with van der Waals surface area (Å²) in [6.45, 7) is 7.66. The maximum absolute atomic E-state index is 13.2. The van der Waals surface area contributed by atoms with E-state index in [4.69, 9.17) is 9.97 Å². The largest absolute Gasteiger partial charge is 0.356 e. The molecule has 5 nitrogen and oxygen atoms in total. The van der Waals surface area contributed by atoms with Crippen LogP contribution < -0.4 is 4.90 Å². The van der Waals surface area contributed by atoms with Gasteiger partial charge >= 0.3 is 0 Å². The Balaban J connectivity index is 1.46. The first-order chi connectivity index (χ1) is 15.2. The first-order valence-corrected chi connectivity index (χ1v) is 12.1. The molecule has 3 heterocycles. The van der Waals surface area contributed by atoms with Gasteiger partial charge < -0.3 is 9.80 Å². The molecular weight excluding hydrogens is 384 g/mol. The van der Waals surface area contributed by atoms with Crippen LogP contribution >= 0.6 is 0 Å². The number of nitrogens with zero attached hydrogens (tertiary/aromatic N) is 4. The van der Waals surface area contributed by atoms with Gasteiger partial charge in [0.2, 0.25) is 0 Å². The highest BCUT2D eigenvalue weighted by atomic mass is 16.2. The molecule has 0 radical (unpaired) electrons. The van der Waals surface area contributed by atoms with Gasteiger partial charge in [-0.25, -0.2) is 9.97 Å². The average Bonchev–Trinajstić information content (AvgIpc) is 2.81. The second-order valence-corrected chi connectivity index (χ2v) is 9.05. The normalized spacial score (nSPS) is 16.3. The molecule has 0 unspecified atom stereocenters. The summed E-state index contributed by atoms with van der Waals surface area (Å²) < 4.78 is 0. The van der Waals surface area contributed by atoms with Crippen molar-refractivity contribution in [3.63, 3.8) is 0 Å². The highest BCUT2D eigenvalue weighted by Crippen LogP contribution is 2.29. The third kappa shape index (κ3) is 5.25. The number of carbonyl (C=O) groups is 1. The van der Waals surface area contributed by atoms with Crippen LogP contribution in [0, 0.1) is 6.92 Å². The molecule has 31 heavy (non-hydrogen) atoms. The van der Waals surface area contributed by atoms with Crippen LogP contribution in [0.4, 0.5) is 5.82 Å². The fourth-order valence-corrected chi connectivity index (χ4v) is 4.81. The quantitative estimate of drug-likeness (QED) is 0.585. The van der Waals surface area contributed by atoms with E-state index < -0.39 is 0 Å². The Kier molecular flexibility index (Phi) is 7.21. The molecule has 166 valence electrons. The van der Waals surface area contributed by atoms with Crippen LogP contribution in [-0.2, 0) is 19.4 Å².